The Labute approximate surface area is 107 Å². The van der Waals surface area contributed by atoms with Crippen LogP contribution < -0.4 is 0 Å². The lowest BCUT2D eigenvalue weighted by Crippen LogP contribution is -2.15. The zero-order valence-corrected chi connectivity index (χ0v) is 10.7. The Hall–Kier alpha value is -0.240. The lowest BCUT2D eigenvalue weighted by atomic mass is 10.4. The van der Waals surface area contributed by atoms with E-state index in [9.17, 15) is 0 Å². The third-order valence-electron chi connectivity index (χ3n) is 2.75. The molecule has 0 spiro atoms. The van der Waals surface area contributed by atoms with E-state index >= 15 is 0 Å². The summed E-state index contributed by atoms with van der Waals surface area (Å²) in [6, 6.07) is 0. The molecule has 0 N–H and O–H groups in total. The molecular weight excluding hydrogens is 240 g/mol. The Morgan fingerprint density at radius 1 is 0.611 bits per heavy atom. The first-order valence-corrected chi connectivity index (χ1v) is 6.57. The zero-order valence-electron chi connectivity index (χ0n) is 10.7. The summed E-state index contributed by atoms with van der Waals surface area (Å²) in [5, 5.41) is 0. The van der Waals surface area contributed by atoms with Gasteiger partial charge in [-0.1, -0.05) is 0 Å². The number of hydrogen-bond donors (Lipinski definition) is 0. The molecule has 18 heavy (non-hydrogen) atoms. The van der Waals surface area contributed by atoms with Crippen molar-refractivity contribution < 1.29 is 28.4 Å². The highest BCUT2D eigenvalue weighted by Gasteiger charge is 2.15. The van der Waals surface area contributed by atoms with Crippen LogP contribution in [0.1, 0.15) is 12.8 Å². The average molecular weight is 262 g/mol. The summed E-state index contributed by atoms with van der Waals surface area (Å²) in [7, 11) is 0. The molecule has 2 aliphatic heterocycles. The van der Waals surface area contributed by atoms with Gasteiger partial charge in [-0.25, -0.2) is 0 Å². The third kappa shape index (κ3) is 5.60. The van der Waals surface area contributed by atoms with E-state index in [4.69, 9.17) is 28.4 Å². The standard InChI is InChI=1S/C12H22O6/c1(11-15-7-8-16-11)3-13-5-6-14-4-2-12-17-9-10-18-12/h11-12H,1-10H2. The van der Waals surface area contributed by atoms with E-state index in [0.29, 0.717) is 52.9 Å². The summed E-state index contributed by atoms with van der Waals surface area (Å²) in [5.41, 5.74) is 0. The minimum Gasteiger partial charge on any atom is -0.379 e. The Morgan fingerprint density at radius 2 is 1.00 bits per heavy atom. The lowest BCUT2D eigenvalue weighted by molar-refractivity contribution is -0.0729. The van der Waals surface area contributed by atoms with E-state index in [2.05, 4.69) is 0 Å². The topological polar surface area (TPSA) is 55.4 Å². The molecule has 106 valence electrons. The van der Waals surface area contributed by atoms with Gasteiger partial charge in [0.15, 0.2) is 12.6 Å². The zero-order chi connectivity index (χ0) is 12.5. The van der Waals surface area contributed by atoms with Gasteiger partial charge in [0.2, 0.25) is 0 Å². The predicted octanol–water partition coefficient (Wildman–Crippen LogP) is 0.546. The second kappa shape index (κ2) is 8.79. The molecule has 0 aromatic carbocycles. The van der Waals surface area contributed by atoms with Crippen molar-refractivity contribution in [3.63, 3.8) is 0 Å². The normalized spacial score (nSPS) is 22.0. The van der Waals surface area contributed by atoms with Crippen molar-refractivity contribution in [3.8, 4) is 0 Å². The molecule has 2 heterocycles. The maximum atomic E-state index is 5.42. The van der Waals surface area contributed by atoms with Crippen LogP contribution in [-0.2, 0) is 28.4 Å². The van der Waals surface area contributed by atoms with Crippen LogP contribution >= 0.6 is 0 Å². The van der Waals surface area contributed by atoms with Crippen LogP contribution in [-0.4, -0.2) is 65.4 Å². The van der Waals surface area contributed by atoms with E-state index < -0.39 is 0 Å². The van der Waals surface area contributed by atoms with Gasteiger partial charge in [-0.2, -0.15) is 0 Å². The predicted molar refractivity (Wildman–Crippen MR) is 62.3 cm³/mol. The smallest absolute Gasteiger partial charge is 0.160 e. The molecule has 2 saturated heterocycles. The van der Waals surface area contributed by atoms with Gasteiger partial charge in [-0.15, -0.1) is 0 Å². The highest BCUT2D eigenvalue weighted by atomic mass is 16.7. The molecule has 0 aliphatic carbocycles. The maximum Gasteiger partial charge on any atom is 0.160 e. The van der Waals surface area contributed by atoms with Gasteiger partial charge in [0, 0.05) is 12.8 Å². The first-order valence-electron chi connectivity index (χ1n) is 6.57. The fraction of sp³-hybridized carbons (Fsp3) is 1.00. The van der Waals surface area contributed by atoms with E-state index in [1.165, 1.54) is 0 Å². The molecule has 0 aromatic rings. The summed E-state index contributed by atoms with van der Waals surface area (Å²) >= 11 is 0. The highest BCUT2D eigenvalue weighted by molar-refractivity contribution is 4.52. The second-order valence-electron chi connectivity index (χ2n) is 4.14. The molecule has 6 heteroatoms. The molecule has 0 bridgehead atoms. The van der Waals surface area contributed by atoms with Crippen molar-refractivity contribution >= 4 is 0 Å². The number of ether oxygens (including phenoxy) is 6. The van der Waals surface area contributed by atoms with Gasteiger partial charge in [-0.3, -0.25) is 0 Å². The van der Waals surface area contributed by atoms with E-state index in [0.717, 1.165) is 12.8 Å². The van der Waals surface area contributed by atoms with Gasteiger partial charge < -0.3 is 28.4 Å². The van der Waals surface area contributed by atoms with Crippen molar-refractivity contribution in [1.82, 2.24) is 0 Å². The number of rotatable bonds is 9. The molecule has 0 amide bonds. The van der Waals surface area contributed by atoms with Crippen LogP contribution in [0.3, 0.4) is 0 Å². The molecule has 6 nitrogen and oxygen atoms in total. The van der Waals surface area contributed by atoms with Gasteiger partial charge >= 0.3 is 0 Å². The molecule has 0 saturated carbocycles. The molecule has 0 radical (unpaired) electrons. The van der Waals surface area contributed by atoms with Gasteiger partial charge in [0.1, 0.15) is 0 Å². The fourth-order valence-electron chi connectivity index (χ4n) is 1.83. The van der Waals surface area contributed by atoms with Gasteiger partial charge in [-0.05, 0) is 0 Å². The molecular formula is C12H22O6. The van der Waals surface area contributed by atoms with Crippen LogP contribution in [0.25, 0.3) is 0 Å². The molecule has 0 aromatic heterocycles. The summed E-state index contributed by atoms with van der Waals surface area (Å²) in [4.78, 5) is 0. The number of hydrogen-bond acceptors (Lipinski definition) is 6. The summed E-state index contributed by atoms with van der Waals surface area (Å²) in [5.74, 6) is 0. The quantitative estimate of drug-likeness (QED) is 0.565. The molecule has 2 fully saturated rings. The Morgan fingerprint density at radius 3 is 1.39 bits per heavy atom. The van der Waals surface area contributed by atoms with Crippen molar-refractivity contribution in [2.45, 2.75) is 25.4 Å². The molecule has 0 unspecified atom stereocenters. The summed E-state index contributed by atoms with van der Waals surface area (Å²) < 4.78 is 32.0. The highest BCUT2D eigenvalue weighted by Crippen LogP contribution is 2.08. The van der Waals surface area contributed by atoms with Crippen LogP contribution in [0.15, 0.2) is 0 Å². The van der Waals surface area contributed by atoms with Crippen molar-refractivity contribution in [1.29, 1.82) is 0 Å². The Balaban J connectivity index is 1.31. The van der Waals surface area contributed by atoms with Crippen molar-refractivity contribution in [3.05, 3.63) is 0 Å². The van der Waals surface area contributed by atoms with Crippen LogP contribution in [0.4, 0.5) is 0 Å². The molecule has 2 rings (SSSR count). The first-order chi connectivity index (χ1) is 8.95. The summed E-state index contributed by atoms with van der Waals surface area (Å²) in [6.07, 6.45) is 1.40. The molecule has 2 aliphatic rings. The van der Waals surface area contributed by atoms with Crippen molar-refractivity contribution in [2.75, 3.05) is 52.9 Å². The monoisotopic (exact) mass is 262 g/mol. The minimum atomic E-state index is -0.0809. The van der Waals surface area contributed by atoms with E-state index in [-0.39, 0.29) is 12.6 Å². The lowest BCUT2D eigenvalue weighted by Gasteiger charge is -2.10. The maximum absolute atomic E-state index is 5.42. The average Bonchev–Trinajstić information content (AvgIpc) is 3.05. The van der Waals surface area contributed by atoms with Gasteiger partial charge in [0.25, 0.3) is 0 Å². The van der Waals surface area contributed by atoms with E-state index in [1.54, 1.807) is 0 Å². The second-order valence-corrected chi connectivity index (χ2v) is 4.14. The summed E-state index contributed by atoms with van der Waals surface area (Å²) in [6.45, 7) is 5.25. The molecule has 0 atom stereocenters. The first kappa shape index (κ1) is 14.2. The Bertz CT molecular complexity index is 179. The minimum absolute atomic E-state index is 0.0809. The third-order valence-corrected chi connectivity index (χ3v) is 2.75. The fourth-order valence-corrected chi connectivity index (χ4v) is 1.83. The SMILES string of the molecule is C(COCCC1OCCO1)OCCC1OCCO1. The Kier molecular flexibility index (Phi) is 6.92. The van der Waals surface area contributed by atoms with Crippen LogP contribution in [0.2, 0.25) is 0 Å². The van der Waals surface area contributed by atoms with Crippen LogP contribution in [0, 0.1) is 0 Å². The van der Waals surface area contributed by atoms with Crippen molar-refractivity contribution in [2.24, 2.45) is 0 Å². The van der Waals surface area contributed by atoms with E-state index in [1.807, 2.05) is 0 Å². The largest absolute Gasteiger partial charge is 0.379 e. The van der Waals surface area contributed by atoms with Gasteiger partial charge in [0.05, 0.1) is 52.9 Å². The van der Waals surface area contributed by atoms with Crippen LogP contribution in [0.5, 0.6) is 0 Å².